The number of hydrogen-bond donors (Lipinski definition) is 5. The van der Waals surface area contributed by atoms with Crippen molar-refractivity contribution in [3.8, 4) is 5.88 Å². The Hall–Kier alpha value is -3.32. The fraction of sp³-hybridized carbons (Fsp3) is 0.294. The molecule has 2 rings (SSSR count). The van der Waals surface area contributed by atoms with Crippen molar-refractivity contribution in [3.05, 3.63) is 40.5 Å². The molecule has 0 aliphatic carbocycles. The minimum absolute atomic E-state index is 0.104. The van der Waals surface area contributed by atoms with Crippen molar-refractivity contribution in [2.24, 2.45) is 5.73 Å². The first-order valence-electron chi connectivity index (χ1n) is 8.40. The zero-order valence-corrected chi connectivity index (χ0v) is 16.4. The van der Waals surface area contributed by atoms with Gasteiger partial charge in [-0.1, -0.05) is 0 Å². The van der Waals surface area contributed by atoms with E-state index >= 15 is 0 Å². The number of nitrogens with two attached hydrogens (primary N) is 1. The van der Waals surface area contributed by atoms with Gasteiger partial charge in [0.25, 0.3) is 5.91 Å². The monoisotopic (exact) mass is 444 g/mol. The summed E-state index contributed by atoms with van der Waals surface area (Å²) in [6, 6.07) is 1.37. The minimum Gasteiger partial charge on any atom is -0.481 e. The predicted molar refractivity (Wildman–Crippen MR) is 101 cm³/mol. The van der Waals surface area contributed by atoms with Gasteiger partial charge in [0.1, 0.15) is 28.8 Å². The Morgan fingerprint density at radius 1 is 1.30 bits per heavy atom. The van der Waals surface area contributed by atoms with E-state index in [0.29, 0.717) is 17.1 Å². The lowest BCUT2D eigenvalue weighted by atomic mass is 10.1. The number of amides is 3. The Morgan fingerprint density at radius 2 is 1.93 bits per heavy atom. The number of urea groups is 1. The number of aliphatic hydroxyl groups excluding tert-OH is 1. The number of halogens is 2. The topological polar surface area (TPSA) is 164 Å². The quantitative estimate of drug-likeness (QED) is 0.390. The second kappa shape index (κ2) is 9.93. The second-order valence-corrected chi connectivity index (χ2v) is 6.91. The summed E-state index contributed by atoms with van der Waals surface area (Å²) in [4.78, 5) is 34.1. The third-order valence-corrected chi connectivity index (χ3v) is 4.43. The maximum Gasteiger partial charge on any atom is 0.320 e. The lowest BCUT2D eigenvalue weighted by Gasteiger charge is -2.11. The average Bonchev–Trinajstić information content (AvgIpc) is 3.01. The van der Waals surface area contributed by atoms with Crippen LogP contribution >= 0.6 is 11.5 Å². The third kappa shape index (κ3) is 6.09. The number of aryl methyl sites for hydroxylation is 1. The Morgan fingerprint density at radius 3 is 2.50 bits per heavy atom. The van der Waals surface area contributed by atoms with Gasteiger partial charge in [-0.3, -0.25) is 14.9 Å². The number of nitrogens with one attached hydrogen (secondary N) is 2. The fourth-order valence-corrected chi connectivity index (χ4v) is 3.05. The Bertz CT molecular complexity index is 945. The molecule has 0 aliphatic rings. The highest BCUT2D eigenvalue weighted by atomic mass is 32.1. The predicted octanol–water partition coefficient (Wildman–Crippen LogP) is 1.36. The van der Waals surface area contributed by atoms with Crippen molar-refractivity contribution in [1.29, 1.82) is 0 Å². The van der Waals surface area contributed by atoms with Crippen LogP contribution in [0, 0.1) is 18.6 Å². The molecule has 0 aliphatic heterocycles. The molecule has 1 atom stereocenters. The number of primary amides is 1. The molecule has 30 heavy (non-hydrogen) atoms. The van der Waals surface area contributed by atoms with Crippen LogP contribution in [0.15, 0.2) is 12.1 Å². The van der Waals surface area contributed by atoms with Crippen LogP contribution < -0.4 is 21.1 Å². The number of carboxylic acids is 1. The van der Waals surface area contributed by atoms with Crippen LogP contribution in [0.3, 0.4) is 0 Å². The summed E-state index contributed by atoms with van der Waals surface area (Å²) < 4.78 is 36.9. The molecular weight excluding hydrogens is 426 g/mol. The number of anilines is 1. The molecule has 1 aromatic carbocycles. The molecule has 1 aromatic heterocycles. The molecule has 3 amide bonds. The second-order valence-electron chi connectivity index (χ2n) is 6.14. The smallest absolute Gasteiger partial charge is 0.320 e. The number of hydrogen-bond acceptors (Lipinski definition) is 7. The molecule has 1 unspecified atom stereocenters. The van der Waals surface area contributed by atoms with E-state index < -0.39 is 48.7 Å². The van der Waals surface area contributed by atoms with Crippen molar-refractivity contribution in [1.82, 2.24) is 9.69 Å². The van der Waals surface area contributed by atoms with Gasteiger partial charge < -0.3 is 26.0 Å². The Balaban J connectivity index is 2.07. The molecule has 0 saturated heterocycles. The molecule has 0 bridgehead atoms. The van der Waals surface area contributed by atoms with Crippen molar-refractivity contribution >= 4 is 34.4 Å². The van der Waals surface area contributed by atoms with E-state index in [2.05, 4.69) is 15.0 Å². The van der Waals surface area contributed by atoms with Gasteiger partial charge in [0.05, 0.1) is 18.1 Å². The lowest BCUT2D eigenvalue weighted by molar-refractivity contribution is -0.139. The zero-order valence-electron chi connectivity index (χ0n) is 15.6. The standard InChI is InChI=1S/C17H18F2N4O6S/c1-7-2-10(18)9(11(19)3-7)6-29-15-13(14(20)27)16(30-23-15)22-17(28)21-5-8(24)4-12(25)26/h2-3,8,24H,4-6H2,1H3,(H2,20,27)(H,25,26)(H2,21,22,28). The molecule has 162 valence electrons. The summed E-state index contributed by atoms with van der Waals surface area (Å²) in [6.07, 6.45) is -1.89. The Kier molecular flexibility index (Phi) is 7.60. The normalized spacial score (nSPS) is 11.6. The molecule has 13 heteroatoms. The largest absolute Gasteiger partial charge is 0.481 e. The zero-order chi connectivity index (χ0) is 22.4. The van der Waals surface area contributed by atoms with E-state index in [1.807, 2.05) is 0 Å². The van der Waals surface area contributed by atoms with Gasteiger partial charge in [0.2, 0.25) is 5.88 Å². The summed E-state index contributed by atoms with van der Waals surface area (Å²) in [5.74, 6) is -4.24. The van der Waals surface area contributed by atoms with Gasteiger partial charge in [-0.2, -0.15) is 4.37 Å². The average molecular weight is 444 g/mol. The molecule has 10 nitrogen and oxygen atoms in total. The SMILES string of the molecule is Cc1cc(F)c(COc2nsc(NC(=O)NCC(O)CC(=O)O)c2C(N)=O)c(F)c1. The highest BCUT2D eigenvalue weighted by molar-refractivity contribution is 7.11. The Labute approximate surface area is 172 Å². The first kappa shape index (κ1) is 23.0. The first-order chi connectivity index (χ1) is 14.1. The highest BCUT2D eigenvalue weighted by Gasteiger charge is 2.23. The molecule has 2 aromatic rings. The third-order valence-electron chi connectivity index (χ3n) is 3.68. The van der Waals surface area contributed by atoms with Gasteiger partial charge in [-0.05, 0) is 36.2 Å². The van der Waals surface area contributed by atoms with E-state index in [1.54, 1.807) is 0 Å². The molecule has 6 N–H and O–H groups in total. The van der Waals surface area contributed by atoms with Crippen molar-refractivity contribution in [3.63, 3.8) is 0 Å². The number of aromatic nitrogens is 1. The van der Waals surface area contributed by atoms with E-state index in [1.165, 1.54) is 6.92 Å². The molecule has 0 spiro atoms. The van der Waals surface area contributed by atoms with Crippen LogP contribution in [0.1, 0.15) is 27.9 Å². The van der Waals surface area contributed by atoms with Gasteiger partial charge in [-0.25, -0.2) is 13.6 Å². The molecule has 0 fully saturated rings. The molecule has 1 heterocycles. The minimum atomic E-state index is -1.32. The highest BCUT2D eigenvalue weighted by Crippen LogP contribution is 2.31. The van der Waals surface area contributed by atoms with Crippen LogP contribution in [0.2, 0.25) is 0 Å². The van der Waals surface area contributed by atoms with Crippen LogP contribution in [-0.2, 0) is 11.4 Å². The summed E-state index contributed by atoms with van der Waals surface area (Å²) >= 11 is 0.632. The van der Waals surface area contributed by atoms with E-state index in [4.69, 9.17) is 15.6 Å². The number of carbonyl (C=O) groups is 3. The molecule has 0 radical (unpaired) electrons. The van der Waals surface area contributed by atoms with Gasteiger partial charge in [0.15, 0.2) is 0 Å². The lowest BCUT2D eigenvalue weighted by Crippen LogP contribution is -2.36. The van der Waals surface area contributed by atoms with Gasteiger partial charge in [0, 0.05) is 6.54 Å². The van der Waals surface area contributed by atoms with E-state index in [-0.39, 0.29) is 28.6 Å². The molecule has 0 saturated carbocycles. The maximum absolute atomic E-state index is 13.9. The van der Waals surface area contributed by atoms with Crippen LogP contribution in [0.5, 0.6) is 5.88 Å². The summed E-state index contributed by atoms with van der Waals surface area (Å²) in [7, 11) is 0. The van der Waals surface area contributed by atoms with E-state index in [9.17, 15) is 28.3 Å². The fourth-order valence-electron chi connectivity index (χ4n) is 2.32. The number of aliphatic hydroxyl groups is 1. The number of benzene rings is 1. The number of carbonyl (C=O) groups excluding carboxylic acids is 2. The van der Waals surface area contributed by atoms with Crippen molar-refractivity contribution in [2.45, 2.75) is 26.1 Å². The number of carboxylic acid groups (broad SMARTS) is 1. The first-order valence-corrected chi connectivity index (χ1v) is 9.17. The van der Waals surface area contributed by atoms with Crippen LogP contribution in [0.25, 0.3) is 0 Å². The van der Waals surface area contributed by atoms with Crippen LogP contribution in [-0.4, -0.2) is 45.1 Å². The van der Waals surface area contributed by atoms with E-state index in [0.717, 1.165) is 12.1 Å². The van der Waals surface area contributed by atoms with Crippen LogP contribution in [0.4, 0.5) is 18.6 Å². The number of nitrogens with zero attached hydrogens (tertiary/aromatic N) is 1. The summed E-state index contributed by atoms with van der Waals surface area (Å²) in [5.41, 5.74) is 4.98. The molecular formula is C17H18F2N4O6S. The van der Waals surface area contributed by atoms with Gasteiger partial charge >= 0.3 is 12.0 Å². The summed E-state index contributed by atoms with van der Waals surface area (Å²) in [6.45, 7) is 0.583. The number of aliphatic carboxylic acids is 1. The summed E-state index contributed by atoms with van der Waals surface area (Å²) in [5, 5.41) is 22.4. The van der Waals surface area contributed by atoms with Crippen molar-refractivity contribution in [2.75, 3.05) is 11.9 Å². The maximum atomic E-state index is 13.9. The van der Waals surface area contributed by atoms with Crippen molar-refractivity contribution < 1.29 is 38.1 Å². The van der Waals surface area contributed by atoms with Gasteiger partial charge in [-0.15, -0.1) is 0 Å². The number of ether oxygens (including phenoxy) is 1. The number of rotatable bonds is 9.